The lowest BCUT2D eigenvalue weighted by atomic mass is 10.1. The first kappa shape index (κ1) is 15.2. The minimum Gasteiger partial charge on any atom is -0.422 e. The van der Waals surface area contributed by atoms with Gasteiger partial charge in [-0.15, -0.1) is 0 Å². The molecule has 4 rings (SSSR count). The van der Waals surface area contributed by atoms with Gasteiger partial charge in [-0.25, -0.2) is 19.7 Å². The summed E-state index contributed by atoms with van der Waals surface area (Å²) in [5.74, 6) is 1.88. The fraction of sp³-hybridized carbons (Fsp3) is 0.100. The molecule has 25 heavy (non-hydrogen) atoms. The third kappa shape index (κ3) is 2.92. The van der Waals surface area contributed by atoms with Gasteiger partial charge < -0.3 is 4.42 Å². The van der Waals surface area contributed by atoms with Gasteiger partial charge in [-0.05, 0) is 31.5 Å². The second kappa shape index (κ2) is 5.94. The summed E-state index contributed by atoms with van der Waals surface area (Å²) in [6, 6.07) is 17.0. The molecule has 0 N–H and O–H groups in total. The highest BCUT2D eigenvalue weighted by atomic mass is 16.4. The monoisotopic (exact) mass is 329 g/mol. The van der Waals surface area contributed by atoms with Crippen LogP contribution in [-0.4, -0.2) is 15.0 Å². The topological polar surface area (TPSA) is 68.9 Å². The van der Waals surface area contributed by atoms with Gasteiger partial charge in [-0.1, -0.05) is 42.5 Å². The van der Waals surface area contributed by atoms with Gasteiger partial charge in [0.1, 0.15) is 17.2 Å². The fourth-order valence-corrected chi connectivity index (χ4v) is 2.81. The van der Waals surface area contributed by atoms with E-state index in [1.54, 1.807) is 6.07 Å². The lowest BCUT2D eigenvalue weighted by Gasteiger charge is -2.05. The quantitative estimate of drug-likeness (QED) is 0.521. The first-order valence-corrected chi connectivity index (χ1v) is 7.93. The van der Waals surface area contributed by atoms with Crippen molar-refractivity contribution >= 4 is 11.0 Å². The number of benzene rings is 2. The average Bonchev–Trinajstić information content (AvgIpc) is 2.60. The van der Waals surface area contributed by atoms with E-state index in [9.17, 15) is 4.79 Å². The maximum Gasteiger partial charge on any atom is 0.344 e. The van der Waals surface area contributed by atoms with Crippen molar-refractivity contribution in [3.8, 4) is 22.5 Å². The molecular formula is C20H15N3O2. The minimum absolute atomic E-state index is 0.362. The molecule has 5 nitrogen and oxygen atoms in total. The summed E-state index contributed by atoms with van der Waals surface area (Å²) in [6.45, 7) is 3.65. The third-order valence-electron chi connectivity index (χ3n) is 3.94. The van der Waals surface area contributed by atoms with Crippen molar-refractivity contribution in [1.82, 2.24) is 15.0 Å². The van der Waals surface area contributed by atoms with Crippen LogP contribution in [-0.2, 0) is 0 Å². The summed E-state index contributed by atoms with van der Waals surface area (Å²) in [4.78, 5) is 25.3. The molecule has 0 atom stereocenters. The molecule has 0 amide bonds. The molecule has 2 aromatic heterocycles. The highest BCUT2D eigenvalue weighted by molar-refractivity contribution is 5.85. The van der Waals surface area contributed by atoms with Crippen molar-refractivity contribution in [3.63, 3.8) is 0 Å². The summed E-state index contributed by atoms with van der Waals surface area (Å²) >= 11 is 0. The van der Waals surface area contributed by atoms with E-state index in [2.05, 4.69) is 15.0 Å². The van der Waals surface area contributed by atoms with Gasteiger partial charge in [-0.2, -0.15) is 0 Å². The van der Waals surface area contributed by atoms with Gasteiger partial charge in [-0.3, -0.25) is 0 Å². The summed E-state index contributed by atoms with van der Waals surface area (Å²) < 4.78 is 5.54. The molecule has 5 heteroatoms. The molecule has 2 aromatic carbocycles. The standard InChI is InChI=1S/C20H15N3O2/c1-12-21-13(2)23-19(22-12)16-9-8-15-10-17(14-6-4-3-5-7-14)20(24)25-18(15)11-16/h3-11H,1-2H3. The number of aryl methyl sites for hydroxylation is 2. The molecule has 4 aromatic rings. The number of hydrogen-bond donors (Lipinski definition) is 0. The first-order chi connectivity index (χ1) is 12.1. The van der Waals surface area contributed by atoms with E-state index in [1.807, 2.05) is 62.4 Å². The molecule has 0 saturated heterocycles. The molecule has 0 unspecified atom stereocenters. The second-order valence-electron chi connectivity index (χ2n) is 5.82. The largest absolute Gasteiger partial charge is 0.422 e. The number of aromatic nitrogens is 3. The predicted octanol–water partition coefficient (Wildman–Crippen LogP) is 3.93. The average molecular weight is 329 g/mol. The Balaban J connectivity index is 1.86. The van der Waals surface area contributed by atoms with E-state index in [1.165, 1.54) is 0 Å². The molecule has 0 fully saturated rings. The Hall–Kier alpha value is -3.34. The van der Waals surface area contributed by atoms with Gasteiger partial charge >= 0.3 is 5.63 Å². The zero-order valence-corrected chi connectivity index (χ0v) is 13.9. The Morgan fingerprint density at radius 1 is 0.800 bits per heavy atom. The molecule has 2 heterocycles. The molecule has 0 radical (unpaired) electrons. The summed E-state index contributed by atoms with van der Waals surface area (Å²) in [6.07, 6.45) is 0. The SMILES string of the molecule is Cc1nc(C)nc(-c2ccc3cc(-c4ccccc4)c(=O)oc3c2)n1. The zero-order chi connectivity index (χ0) is 17.4. The van der Waals surface area contributed by atoms with Gasteiger partial charge in [0, 0.05) is 10.9 Å². The summed E-state index contributed by atoms with van der Waals surface area (Å²) in [5.41, 5.74) is 2.33. The Morgan fingerprint density at radius 3 is 2.24 bits per heavy atom. The Kier molecular flexibility index (Phi) is 3.61. The number of nitrogens with zero attached hydrogens (tertiary/aromatic N) is 3. The second-order valence-corrected chi connectivity index (χ2v) is 5.82. The lowest BCUT2D eigenvalue weighted by Crippen LogP contribution is -2.03. The van der Waals surface area contributed by atoms with Crippen LogP contribution in [0.15, 0.2) is 63.8 Å². The predicted molar refractivity (Wildman–Crippen MR) is 96.2 cm³/mol. The minimum atomic E-state index is -0.362. The molecule has 0 bridgehead atoms. The van der Waals surface area contributed by atoms with Gasteiger partial charge in [0.2, 0.25) is 0 Å². The molecule has 0 saturated carbocycles. The lowest BCUT2D eigenvalue weighted by molar-refractivity contribution is 0.563. The van der Waals surface area contributed by atoms with Crippen molar-refractivity contribution in [2.75, 3.05) is 0 Å². The van der Waals surface area contributed by atoms with Crippen LogP contribution in [0.4, 0.5) is 0 Å². The van der Waals surface area contributed by atoms with E-state index >= 15 is 0 Å². The maximum atomic E-state index is 12.4. The maximum absolute atomic E-state index is 12.4. The van der Waals surface area contributed by atoms with E-state index < -0.39 is 0 Å². The van der Waals surface area contributed by atoms with Crippen LogP contribution in [0.1, 0.15) is 11.6 Å². The van der Waals surface area contributed by atoms with Crippen molar-refractivity contribution in [1.29, 1.82) is 0 Å². The third-order valence-corrected chi connectivity index (χ3v) is 3.94. The fourth-order valence-electron chi connectivity index (χ4n) is 2.81. The Labute approximate surface area is 144 Å². The van der Waals surface area contributed by atoms with Crippen LogP contribution in [0.3, 0.4) is 0 Å². The summed E-state index contributed by atoms with van der Waals surface area (Å²) in [5, 5.41) is 0.852. The van der Waals surface area contributed by atoms with Crippen molar-refractivity contribution in [3.05, 3.63) is 76.7 Å². The Morgan fingerprint density at radius 2 is 1.52 bits per heavy atom. The molecule has 122 valence electrons. The van der Waals surface area contributed by atoms with E-state index in [0.717, 1.165) is 16.5 Å². The summed E-state index contributed by atoms with van der Waals surface area (Å²) in [7, 11) is 0. The number of hydrogen-bond acceptors (Lipinski definition) is 5. The smallest absolute Gasteiger partial charge is 0.344 e. The van der Waals surface area contributed by atoms with Crippen LogP contribution in [0.25, 0.3) is 33.5 Å². The first-order valence-electron chi connectivity index (χ1n) is 7.93. The van der Waals surface area contributed by atoms with E-state index in [-0.39, 0.29) is 5.63 Å². The normalized spacial score (nSPS) is 11.0. The van der Waals surface area contributed by atoms with E-state index in [0.29, 0.717) is 28.6 Å². The van der Waals surface area contributed by atoms with E-state index in [4.69, 9.17) is 4.42 Å². The number of rotatable bonds is 2. The molecule has 0 aliphatic carbocycles. The molecule has 0 spiro atoms. The van der Waals surface area contributed by atoms with Crippen molar-refractivity contribution in [2.24, 2.45) is 0 Å². The van der Waals surface area contributed by atoms with Crippen molar-refractivity contribution < 1.29 is 4.42 Å². The Bertz CT molecular complexity index is 1110. The van der Waals surface area contributed by atoms with Crippen molar-refractivity contribution in [2.45, 2.75) is 13.8 Å². The van der Waals surface area contributed by atoms with Gasteiger partial charge in [0.15, 0.2) is 5.82 Å². The van der Waals surface area contributed by atoms with Crippen LogP contribution < -0.4 is 5.63 Å². The zero-order valence-electron chi connectivity index (χ0n) is 13.9. The number of fused-ring (bicyclic) bond motifs is 1. The highest BCUT2D eigenvalue weighted by Gasteiger charge is 2.10. The molecule has 0 aliphatic heterocycles. The highest BCUT2D eigenvalue weighted by Crippen LogP contribution is 2.25. The van der Waals surface area contributed by atoms with Crippen LogP contribution in [0.5, 0.6) is 0 Å². The van der Waals surface area contributed by atoms with Gasteiger partial charge in [0.05, 0.1) is 5.56 Å². The van der Waals surface area contributed by atoms with Crippen LogP contribution in [0.2, 0.25) is 0 Å². The van der Waals surface area contributed by atoms with Crippen LogP contribution in [0, 0.1) is 13.8 Å². The van der Waals surface area contributed by atoms with Gasteiger partial charge in [0.25, 0.3) is 0 Å². The molecular weight excluding hydrogens is 314 g/mol. The molecule has 0 aliphatic rings. The van der Waals surface area contributed by atoms with Crippen LogP contribution >= 0.6 is 0 Å².